The molecule has 30 heavy (non-hydrogen) atoms. The molecule has 156 valence electrons. The lowest BCUT2D eigenvalue weighted by molar-refractivity contribution is -0.137. The SMILES string of the molecule is CC(C)[C@@H](CC(=O)c1cc(=O)[nH]c(-c2ccccc2)n1)c1ccc(C(F)(F)F)cc1. The summed E-state index contributed by atoms with van der Waals surface area (Å²) < 4.78 is 38.5. The standard InChI is InChI=1S/C23H21F3N2O2/c1-14(2)18(15-8-10-17(11-9-15)23(24,25)26)12-20(29)19-13-21(30)28-22(27-19)16-6-4-3-5-7-16/h3-11,13-14,18H,12H2,1-2H3,(H,27,28,30)/t18-/m1/s1. The Kier molecular flexibility index (Phi) is 6.20. The number of hydrogen-bond acceptors (Lipinski definition) is 3. The van der Waals surface area contributed by atoms with Crippen LogP contribution in [0.4, 0.5) is 13.2 Å². The summed E-state index contributed by atoms with van der Waals surface area (Å²) in [6.45, 7) is 3.80. The molecule has 3 rings (SSSR count). The second-order valence-corrected chi connectivity index (χ2v) is 7.44. The van der Waals surface area contributed by atoms with Gasteiger partial charge in [-0.15, -0.1) is 0 Å². The van der Waals surface area contributed by atoms with Crippen LogP contribution in [0, 0.1) is 5.92 Å². The molecule has 0 saturated carbocycles. The Morgan fingerprint density at radius 3 is 2.23 bits per heavy atom. The largest absolute Gasteiger partial charge is 0.416 e. The van der Waals surface area contributed by atoms with Gasteiger partial charge in [-0.25, -0.2) is 4.98 Å². The van der Waals surface area contributed by atoms with Gasteiger partial charge in [0.15, 0.2) is 5.78 Å². The summed E-state index contributed by atoms with van der Waals surface area (Å²) in [5.74, 6) is -0.346. The lowest BCUT2D eigenvalue weighted by atomic mass is 9.83. The Hall–Kier alpha value is -3.22. The van der Waals surface area contributed by atoms with Crippen molar-refractivity contribution in [2.24, 2.45) is 5.92 Å². The van der Waals surface area contributed by atoms with E-state index in [9.17, 15) is 22.8 Å². The predicted molar refractivity (Wildman–Crippen MR) is 108 cm³/mol. The van der Waals surface area contributed by atoms with Crippen molar-refractivity contribution in [3.8, 4) is 11.4 Å². The van der Waals surface area contributed by atoms with Crippen LogP contribution in [0.15, 0.2) is 65.5 Å². The minimum Gasteiger partial charge on any atom is -0.306 e. The van der Waals surface area contributed by atoms with Crippen LogP contribution in [-0.2, 0) is 6.18 Å². The Labute approximate surface area is 171 Å². The summed E-state index contributed by atoms with van der Waals surface area (Å²) in [6.07, 6.45) is -4.38. The Balaban J connectivity index is 1.87. The summed E-state index contributed by atoms with van der Waals surface area (Å²) in [5, 5.41) is 0. The monoisotopic (exact) mass is 414 g/mol. The molecule has 0 bridgehead atoms. The van der Waals surface area contributed by atoms with E-state index in [4.69, 9.17) is 0 Å². The molecule has 0 radical (unpaired) electrons. The summed E-state index contributed by atoms with van der Waals surface area (Å²) in [6, 6.07) is 15.0. The number of rotatable bonds is 6. The van der Waals surface area contributed by atoms with Gasteiger partial charge in [0.05, 0.1) is 5.56 Å². The van der Waals surface area contributed by atoms with E-state index in [1.54, 1.807) is 24.3 Å². The molecule has 1 atom stereocenters. The quantitative estimate of drug-likeness (QED) is 0.544. The first-order valence-corrected chi connectivity index (χ1v) is 9.52. The van der Waals surface area contributed by atoms with Crippen molar-refractivity contribution in [3.05, 3.63) is 87.8 Å². The average molecular weight is 414 g/mol. The van der Waals surface area contributed by atoms with Crippen LogP contribution in [0.2, 0.25) is 0 Å². The zero-order valence-electron chi connectivity index (χ0n) is 16.5. The summed E-state index contributed by atoms with van der Waals surface area (Å²) in [4.78, 5) is 31.9. The molecule has 0 fully saturated rings. The van der Waals surface area contributed by atoms with Gasteiger partial charge in [0.25, 0.3) is 5.56 Å². The maximum Gasteiger partial charge on any atom is 0.416 e. The van der Waals surface area contributed by atoms with Crippen molar-refractivity contribution in [2.75, 3.05) is 0 Å². The molecule has 1 aromatic heterocycles. The summed E-state index contributed by atoms with van der Waals surface area (Å²) >= 11 is 0. The van der Waals surface area contributed by atoms with Crippen LogP contribution in [-0.4, -0.2) is 15.8 Å². The van der Waals surface area contributed by atoms with Gasteiger partial charge in [0, 0.05) is 18.1 Å². The van der Waals surface area contributed by atoms with Crippen molar-refractivity contribution in [2.45, 2.75) is 32.4 Å². The van der Waals surface area contributed by atoms with E-state index in [0.29, 0.717) is 17.0 Å². The number of carbonyl (C=O) groups is 1. The Morgan fingerprint density at radius 1 is 1.03 bits per heavy atom. The number of Topliss-reactive ketones (excluding diaryl/α,β-unsaturated/α-hetero) is 1. The van der Waals surface area contributed by atoms with Crippen molar-refractivity contribution in [3.63, 3.8) is 0 Å². The molecule has 2 aromatic carbocycles. The smallest absolute Gasteiger partial charge is 0.306 e. The van der Waals surface area contributed by atoms with Crippen LogP contribution in [0.5, 0.6) is 0 Å². The highest BCUT2D eigenvalue weighted by molar-refractivity contribution is 5.95. The van der Waals surface area contributed by atoms with Crippen LogP contribution in [0.25, 0.3) is 11.4 Å². The molecule has 4 nitrogen and oxygen atoms in total. The Bertz CT molecular complexity index is 1070. The maximum absolute atomic E-state index is 12.9. The highest BCUT2D eigenvalue weighted by Gasteiger charge is 2.30. The number of ketones is 1. The Morgan fingerprint density at radius 2 is 1.67 bits per heavy atom. The first-order valence-electron chi connectivity index (χ1n) is 9.52. The van der Waals surface area contributed by atoms with Crippen LogP contribution in [0.3, 0.4) is 0 Å². The van der Waals surface area contributed by atoms with Crippen LogP contribution < -0.4 is 5.56 Å². The molecule has 3 aromatic rings. The van der Waals surface area contributed by atoms with Crippen molar-refractivity contribution in [1.82, 2.24) is 9.97 Å². The summed E-state index contributed by atoms with van der Waals surface area (Å²) in [5.41, 5.74) is 0.175. The van der Waals surface area contributed by atoms with E-state index in [1.807, 2.05) is 19.9 Å². The van der Waals surface area contributed by atoms with E-state index in [2.05, 4.69) is 9.97 Å². The number of nitrogens with one attached hydrogen (secondary N) is 1. The second kappa shape index (κ2) is 8.65. The fraction of sp³-hybridized carbons (Fsp3) is 0.261. The third-order valence-corrected chi connectivity index (χ3v) is 4.95. The molecule has 7 heteroatoms. The van der Waals surface area contributed by atoms with Gasteiger partial charge in [0.2, 0.25) is 0 Å². The molecule has 1 heterocycles. The van der Waals surface area contributed by atoms with Crippen molar-refractivity contribution < 1.29 is 18.0 Å². The molecule has 0 amide bonds. The molecule has 0 aliphatic heterocycles. The van der Waals surface area contributed by atoms with Gasteiger partial charge in [-0.1, -0.05) is 56.3 Å². The second-order valence-electron chi connectivity index (χ2n) is 7.44. The number of carbonyl (C=O) groups excluding carboxylic acids is 1. The molecule has 0 aliphatic rings. The number of aromatic amines is 1. The first kappa shape index (κ1) is 21.5. The third kappa shape index (κ3) is 5.03. The highest BCUT2D eigenvalue weighted by Crippen LogP contribution is 2.33. The molecule has 0 saturated heterocycles. The van der Waals surface area contributed by atoms with Crippen molar-refractivity contribution >= 4 is 5.78 Å². The number of H-pyrrole nitrogens is 1. The third-order valence-electron chi connectivity index (χ3n) is 4.95. The predicted octanol–water partition coefficient (Wildman–Crippen LogP) is 5.47. The lowest BCUT2D eigenvalue weighted by Gasteiger charge is -2.21. The topological polar surface area (TPSA) is 62.8 Å². The van der Waals surface area contributed by atoms with Gasteiger partial charge < -0.3 is 4.98 Å². The fourth-order valence-electron chi connectivity index (χ4n) is 3.30. The maximum atomic E-state index is 12.9. The number of alkyl halides is 3. The first-order chi connectivity index (χ1) is 14.1. The van der Waals surface area contributed by atoms with Gasteiger partial charge in [-0.05, 0) is 29.5 Å². The van der Waals surface area contributed by atoms with Gasteiger partial charge in [-0.3, -0.25) is 9.59 Å². The lowest BCUT2D eigenvalue weighted by Crippen LogP contribution is -2.18. The van der Waals surface area contributed by atoms with E-state index in [1.165, 1.54) is 12.1 Å². The minimum atomic E-state index is -4.41. The number of benzene rings is 2. The van der Waals surface area contributed by atoms with E-state index in [0.717, 1.165) is 18.2 Å². The van der Waals surface area contributed by atoms with Gasteiger partial charge in [-0.2, -0.15) is 13.2 Å². The number of halogens is 3. The van der Waals surface area contributed by atoms with Crippen LogP contribution >= 0.6 is 0 Å². The van der Waals surface area contributed by atoms with Gasteiger partial charge >= 0.3 is 6.18 Å². The molecular formula is C23H21F3N2O2. The minimum absolute atomic E-state index is 0.00118. The summed E-state index contributed by atoms with van der Waals surface area (Å²) in [7, 11) is 0. The highest BCUT2D eigenvalue weighted by atomic mass is 19.4. The number of aromatic nitrogens is 2. The zero-order valence-corrected chi connectivity index (χ0v) is 16.5. The number of nitrogens with zero attached hydrogens (tertiary/aromatic N) is 1. The van der Waals surface area contributed by atoms with Gasteiger partial charge in [0.1, 0.15) is 11.5 Å². The van der Waals surface area contributed by atoms with Crippen molar-refractivity contribution in [1.29, 1.82) is 0 Å². The molecular weight excluding hydrogens is 393 g/mol. The normalized spacial score (nSPS) is 12.7. The number of hydrogen-bond donors (Lipinski definition) is 1. The van der Waals surface area contributed by atoms with Crippen LogP contribution in [0.1, 0.15) is 47.8 Å². The van der Waals surface area contributed by atoms with E-state index >= 15 is 0 Å². The average Bonchev–Trinajstić information content (AvgIpc) is 2.71. The zero-order chi connectivity index (χ0) is 21.9. The van der Waals surface area contributed by atoms with E-state index < -0.39 is 17.3 Å². The molecule has 0 spiro atoms. The van der Waals surface area contributed by atoms with E-state index in [-0.39, 0.29) is 29.7 Å². The molecule has 0 unspecified atom stereocenters. The fourth-order valence-corrected chi connectivity index (χ4v) is 3.30. The molecule has 0 aliphatic carbocycles. The molecule has 1 N–H and O–H groups in total.